The molecule has 0 aliphatic heterocycles. The van der Waals surface area contributed by atoms with Crippen LogP contribution in [0.1, 0.15) is 12.8 Å². The Morgan fingerprint density at radius 1 is 1.46 bits per heavy atom. The van der Waals surface area contributed by atoms with Crippen molar-refractivity contribution in [2.75, 3.05) is 0 Å². The quantitative estimate of drug-likeness (QED) is 0.640. The van der Waals surface area contributed by atoms with Gasteiger partial charge in [0.25, 0.3) is 10.2 Å². The Hall–Kier alpha value is -0.760. The number of nitrogens with one attached hydrogen (secondary N) is 1. The van der Waals surface area contributed by atoms with Crippen molar-refractivity contribution in [3.63, 3.8) is 0 Å². The normalized spacial score (nSPS) is 22.1. The number of alkyl halides is 2. The van der Waals surface area contributed by atoms with E-state index in [2.05, 4.69) is 5.14 Å². The summed E-state index contributed by atoms with van der Waals surface area (Å²) in [5.74, 6) is -4.76. The molecule has 0 atom stereocenters. The van der Waals surface area contributed by atoms with Crippen LogP contribution in [-0.4, -0.2) is 20.2 Å². The third-order valence-electron chi connectivity index (χ3n) is 1.70. The van der Waals surface area contributed by atoms with Gasteiger partial charge in [0.2, 0.25) is 11.8 Å². The van der Waals surface area contributed by atoms with Crippen LogP contribution >= 0.6 is 0 Å². The molecule has 1 aliphatic carbocycles. The Kier molecular flexibility index (Phi) is 2.28. The van der Waals surface area contributed by atoms with Gasteiger partial charge < -0.3 is 0 Å². The van der Waals surface area contributed by atoms with Gasteiger partial charge in [-0.3, -0.25) is 4.79 Å². The highest BCUT2D eigenvalue weighted by molar-refractivity contribution is 7.87. The largest absolute Gasteiger partial charge is 0.298 e. The van der Waals surface area contributed by atoms with Gasteiger partial charge in [0.15, 0.2) is 0 Å². The van der Waals surface area contributed by atoms with Crippen molar-refractivity contribution in [2.45, 2.75) is 18.8 Å². The smallest absolute Gasteiger partial charge is 0.274 e. The molecule has 0 radical (unpaired) electrons. The minimum atomic E-state index is -4.13. The molecule has 0 aromatic rings. The summed E-state index contributed by atoms with van der Waals surface area (Å²) >= 11 is 0. The van der Waals surface area contributed by atoms with E-state index in [-0.39, 0.29) is 0 Å². The monoisotopic (exact) mass is 214 g/mol. The van der Waals surface area contributed by atoms with Crippen molar-refractivity contribution in [3.8, 4) is 0 Å². The zero-order chi connectivity index (χ0) is 10.3. The average molecular weight is 214 g/mol. The van der Waals surface area contributed by atoms with Crippen molar-refractivity contribution in [1.82, 2.24) is 4.72 Å². The molecular formula is C5H8F2N2O3S. The van der Waals surface area contributed by atoms with Gasteiger partial charge in [-0.05, 0) is 0 Å². The first kappa shape index (κ1) is 10.3. The predicted octanol–water partition coefficient (Wildman–Crippen LogP) is -0.649. The molecular weight excluding hydrogens is 206 g/mol. The lowest BCUT2D eigenvalue weighted by Gasteiger charge is -2.33. The van der Waals surface area contributed by atoms with Crippen LogP contribution < -0.4 is 9.86 Å². The van der Waals surface area contributed by atoms with E-state index in [0.29, 0.717) is 0 Å². The SMILES string of the molecule is NS(=O)(=O)NC(=O)C1CC(F)(F)C1. The van der Waals surface area contributed by atoms with E-state index >= 15 is 0 Å². The first-order valence-corrected chi connectivity index (χ1v) is 4.96. The molecule has 0 aromatic carbocycles. The van der Waals surface area contributed by atoms with Crippen LogP contribution in [0.3, 0.4) is 0 Å². The number of hydrogen-bond donors (Lipinski definition) is 2. The summed E-state index contributed by atoms with van der Waals surface area (Å²) in [7, 11) is -4.13. The van der Waals surface area contributed by atoms with E-state index in [9.17, 15) is 22.0 Å². The Balaban J connectivity index is 2.45. The van der Waals surface area contributed by atoms with Crippen molar-refractivity contribution < 1.29 is 22.0 Å². The van der Waals surface area contributed by atoms with Crippen LogP contribution in [0.5, 0.6) is 0 Å². The summed E-state index contributed by atoms with van der Waals surface area (Å²) in [6.07, 6.45) is -1.23. The molecule has 8 heteroatoms. The molecule has 0 aromatic heterocycles. The second-order valence-electron chi connectivity index (χ2n) is 2.97. The van der Waals surface area contributed by atoms with Crippen molar-refractivity contribution in [1.29, 1.82) is 0 Å². The van der Waals surface area contributed by atoms with Gasteiger partial charge in [0.1, 0.15) is 0 Å². The molecule has 0 spiro atoms. The first-order valence-electron chi connectivity index (χ1n) is 3.42. The minimum Gasteiger partial charge on any atom is -0.274 e. The third-order valence-corrected chi connectivity index (χ3v) is 2.19. The van der Waals surface area contributed by atoms with E-state index in [1.165, 1.54) is 4.72 Å². The molecule has 76 valence electrons. The minimum absolute atomic E-state index is 0.617. The lowest BCUT2D eigenvalue weighted by molar-refractivity contribution is -0.148. The van der Waals surface area contributed by atoms with Crippen molar-refractivity contribution >= 4 is 16.1 Å². The lowest BCUT2D eigenvalue weighted by atomic mass is 9.81. The van der Waals surface area contributed by atoms with Crippen LogP contribution in [0.4, 0.5) is 8.78 Å². The van der Waals surface area contributed by atoms with Gasteiger partial charge in [0.05, 0.1) is 5.92 Å². The van der Waals surface area contributed by atoms with E-state index in [4.69, 9.17) is 0 Å². The molecule has 0 bridgehead atoms. The zero-order valence-corrected chi connectivity index (χ0v) is 7.27. The second-order valence-corrected chi connectivity index (χ2v) is 4.27. The fraction of sp³-hybridized carbons (Fsp3) is 0.800. The third kappa shape index (κ3) is 2.88. The van der Waals surface area contributed by atoms with E-state index in [0.717, 1.165) is 0 Å². The van der Waals surface area contributed by atoms with E-state index in [1.807, 2.05) is 0 Å². The molecule has 3 N–H and O–H groups in total. The highest BCUT2D eigenvalue weighted by Gasteiger charge is 2.49. The topological polar surface area (TPSA) is 89.3 Å². The number of nitrogens with two attached hydrogens (primary N) is 1. The number of carbonyl (C=O) groups excluding carboxylic acids is 1. The molecule has 0 saturated heterocycles. The van der Waals surface area contributed by atoms with Gasteiger partial charge in [-0.1, -0.05) is 0 Å². The van der Waals surface area contributed by atoms with Gasteiger partial charge in [0, 0.05) is 12.8 Å². The maximum Gasteiger partial charge on any atom is 0.298 e. The van der Waals surface area contributed by atoms with Crippen LogP contribution in [0.15, 0.2) is 0 Å². The number of rotatable bonds is 2. The predicted molar refractivity (Wildman–Crippen MR) is 38.9 cm³/mol. The number of amides is 1. The van der Waals surface area contributed by atoms with E-state index < -0.39 is 40.8 Å². The van der Waals surface area contributed by atoms with Crippen LogP contribution in [0.25, 0.3) is 0 Å². The van der Waals surface area contributed by atoms with Gasteiger partial charge in [-0.2, -0.15) is 8.42 Å². The van der Waals surface area contributed by atoms with Crippen LogP contribution in [0.2, 0.25) is 0 Å². The van der Waals surface area contributed by atoms with Gasteiger partial charge >= 0.3 is 0 Å². The van der Waals surface area contributed by atoms with Gasteiger partial charge in [-0.25, -0.2) is 18.6 Å². The summed E-state index contributed by atoms with van der Waals surface area (Å²) in [6.45, 7) is 0. The fourth-order valence-electron chi connectivity index (χ4n) is 1.07. The van der Waals surface area contributed by atoms with E-state index in [1.54, 1.807) is 0 Å². The molecule has 5 nitrogen and oxygen atoms in total. The molecule has 1 amide bonds. The number of hydrogen-bond acceptors (Lipinski definition) is 3. The van der Waals surface area contributed by atoms with Gasteiger partial charge in [-0.15, -0.1) is 0 Å². The zero-order valence-electron chi connectivity index (χ0n) is 6.46. The summed E-state index contributed by atoms with van der Waals surface area (Å²) < 4.78 is 46.5. The number of carbonyl (C=O) groups is 1. The Morgan fingerprint density at radius 2 is 1.92 bits per heavy atom. The van der Waals surface area contributed by atoms with Crippen molar-refractivity contribution in [2.24, 2.45) is 11.1 Å². The molecule has 13 heavy (non-hydrogen) atoms. The van der Waals surface area contributed by atoms with Crippen molar-refractivity contribution in [3.05, 3.63) is 0 Å². The number of halogens is 2. The maximum absolute atomic E-state index is 12.2. The summed E-state index contributed by atoms with van der Waals surface area (Å²) in [5, 5.41) is 4.47. The molecule has 1 saturated carbocycles. The lowest BCUT2D eigenvalue weighted by Crippen LogP contribution is -2.48. The Morgan fingerprint density at radius 3 is 2.23 bits per heavy atom. The van der Waals surface area contributed by atoms with Crippen LogP contribution in [0, 0.1) is 5.92 Å². The molecule has 0 heterocycles. The molecule has 0 unspecified atom stereocenters. The summed E-state index contributed by atoms with van der Waals surface area (Å²) in [6, 6.07) is 0. The second kappa shape index (κ2) is 2.88. The molecule has 1 fully saturated rings. The first-order chi connectivity index (χ1) is 5.70. The van der Waals surface area contributed by atoms with Crippen LogP contribution in [-0.2, 0) is 15.0 Å². The maximum atomic E-state index is 12.2. The molecule has 1 aliphatic rings. The average Bonchev–Trinajstić information content (AvgIpc) is 1.77. The Labute approximate surface area is 73.5 Å². The highest BCUT2D eigenvalue weighted by atomic mass is 32.2. The summed E-state index contributed by atoms with van der Waals surface area (Å²) in [5.41, 5.74) is 0. The standard InChI is InChI=1S/C5H8F2N2O3S/c6-5(7)1-3(2-5)4(10)9-13(8,11)12/h3H,1-2H2,(H,9,10)(H2,8,11,12). The Bertz CT molecular complexity index is 319. The molecule has 1 rings (SSSR count). The fourth-order valence-corrected chi connectivity index (χ4v) is 1.52. The highest BCUT2D eigenvalue weighted by Crippen LogP contribution is 2.42. The summed E-state index contributed by atoms with van der Waals surface area (Å²) in [4.78, 5) is 10.8.